The summed E-state index contributed by atoms with van der Waals surface area (Å²) in [5, 5.41) is 9.19. The number of carbonyl (C=O) groups excluding carboxylic acids is 1. The molecule has 1 aromatic rings. The predicted molar refractivity (Wildman–Crippen MR) is 85.8 cm³/mol. The lowest BCUT2D eigenvalue weighted by Crippen LogP contribution is -2.48. The van der Waals surface area contributed by atoms with Crippen LogP contribution in [0.1, 0.15) is 19.3 Å². The Morgan fingerprint density at radius 1 is 1.23 bits per heavy atom. The van der Waals surface area contributed by atoms with Crippen LogP contribution in [0.5, 0.6) is 5.75 Å². The predicted octanol–water partition coefficient (Wildman–Crippen LogP) is 2.49. The Morgan fingerprint density at radius 2 is 2.00 bits per heavy atom. The summed E-state index contributed by atoms with van der Waals surface area (Å²) in [7, 11) is 0. The van der Waals surface area contributed by atoms with Crippen LogP contribution in [0.4, 0.5) is 18.9 Å². The number of rotatable bonds is 4. The van der Waals surface area contributed by atoms with Crippen molar-refractivity contribution in [3.05, 3.63) is 24.3 Å². The first-order valence-electron chi connectivity index (χ1n) is 8.38. The number of halogens is 3. The van der Waals surface area contributed by atoms with Gasteiger partial charge in [0.2, 0.25) is 5.91 Å². The van der Waals surface area contributed by atoms with Gasteiger partial charge >= 0.3 is 12.3 Å². The molecule has 0 spiro atoms. The zero-order chi connectivity index (χ0) is 18.9. The first kappa shape index (κ1) is 18.5. The van der Waals surface area contributed by atoms with E-state index in [-0.39, 0.29) is 11.7 Å². The van der Waals surface area contributed by atoms with Gasteiger partial charge in [0.1, 0.15) is 5.75 Å². The number of carbonyl (C=O) groups is 2. The minimum absolute atomic E-state index is 0.222. The van der Waals surface area contributed by atoms with Gasteiger partial charge in [0.05, 0.1) is 12.0 Å². The molecule has 9 heteroatoms. The van der Waals surface area contributed by atoms with Crippen LogP contribution in [0, 0.1) is 5.92 Å². The second-order valence-corrected chi connectivity index (χ2v) is 6.51. The summed E-state index contributed by atoms with van der Waals surface area (Å²) in [6.07, 6.45) is -2.99. The van der Waals surface area contributed by atoms with Gasteiger partial charge in [-0.25, -0.2) is 0 Å². The zero-order valence-electron chi connectivity index (χ0n) is 13.9. The average molecular weight is 372 g/mol. The molecule has 6 nitrogen and oxygen atoms in total. The molecule has 26 heavy (non-hydrogen) atoms. The van der Waals surface area contributed by atoms with Crippen LogP contribution >= 0.6 is 0 Å². The number of carboxylic acid groups (broad SMARTS) is 1. The normalized spacial score (nSPS) is 24.7. The minimum atomic E-state index is -4.80. The largest absolute Gasteiger partial charge is 0.573 e. The first-order valence-corrected chi connectivity index (χ1v) is 8.38. The second kappa shape index (κ2) is 7.14. The van der Waals surface area contributed by atoms with E-state index in [9.17, 15) is 27.9 Å². The zero-order valence-corrected chi connectivity index (χ0v) is 13.9. The van der Waals surface area contributed by atoms with Crippen LogP contribution < -0.4 is 9.64 Å². The molecule has 2 unspecified atom stereocenters. The molecule has 3 rings (SSSR count). The van der Waals surface area contributed by atoms with Gasteiger partial charge in [-0.3, -0.25) is 14.5 Å². The molecule has 2 saturated heterocycles. The van der Waals surface area contributed by atoms with E-state index in [4.69, 9.17) is 0 Å². The van der Waals surface area contributed by atoms with Crippen molar-refractivity contribution in [3.63, 3.8) is 0 Å². The molecule has 0 aromatic heterocycles. The minimum Gasteiger partial charge on any atom is -0.481 e. The maximum absolute atomic E-state index is 12.8. The summed E-state index contributed by atoms with van der Waals surface area (Å²) in [4.78, 5) is 27.3. The molecular formula is C17H19F3N2O4. The number of benzene rings is 1. The molecule has 1 amide bonds. The van der Waals surface area contributed by atoms with Gasteiger partial charge in [-0.1, -0.05) is 6.07 Å². The quantitative estimate of drug-likeness (QED) is 0.879. The van der Waals surface area contributed by atoms with Crippen LogP contribution in [0.15, 0.2) is 24.3 Å². The van der Waals surface area contributed by atoms with Crippen LogP contribution in [0.25, 0.3) is 0 Å². The average Bonchev–Trinajstić information content (AvgIpc) is 2.95. The third-order valence-electron chi connectivity index (χ3n) is 4.78. The standard InChI is InChI=1S/C17H19F3N2O4/c18-17(19,20)26-13-5-1-4-12(9-13)22-8-6-14(15(22)23)21-7-2-3-11(10-21)16(24)25/h1,4-5,9,11,14H,2-3,6-8,10H2,(H,24,25). The van der Waals surface area contributed by atoms with Crippen LogP contribution in [-0.2, 0) is 9.59 Å². The first-order chi connectivity index (χ1) is 12.2. The monoisotopic (exact) mass is 372 g/mol. The van der Waals surface area contributed by atoms with Crippen molar-refractivity contribution < 1.29 is 32.6 Å². The number of likely N-dealkylation sites (tertiary alicyclic amines) is 1. The van der Waals surface area contributed by atoms with Gasteiger partial charge in [0.25, 0.3) is 0 Å². The summed E-state index contributed by atoms with van der Waals surface area (Å²) in [6.45, 7) is 1.33. The van der Waals surface area contributed by atoms with Gasteiger partial charge in [-0.2, -0.15) is 0 Å². The Bertz CT molecular complexity index is 695. The maximum atomic E-state index is 12.8. The van der Waals surface area contributed by atoms with E-state index in [0.29, 0.717) is 44.6 Å². The summed E-state index contributed by atoms with van der Waals surface area (Å²) in [5.41, 5.74) is 0.339. The number of hydrogen-bond acceptors (Lipinski definition) is 4. The highest BCUT2D eigenvalue weighted by Crippen LogP contribution is 2.31. The Labute approximate surface area is 148 Å². The number of anilines is 1. The molecule has 1 N–H and O–H groups in total. The van der Waals surface area contributed by atoms with E-state index < -0.39 is 24.3 Å². The number of alkyl halides is 3. The number of aliphatic carboxylic acids is 1. The van der Waals surface area contributed by atoms with Crippen molar-refractivity contribution in [1.82, 2.24) is 4.90 Å². The van der Waals surface area contributed by atoms with Crippen LogP contribution in [0.2, 0.25) is 0 Å². The van der Waals surface area contributed by atoms with Crippen molar-refractivity contribution in [3.8, 4) is 5.75 Å². The molecule has 2 aliphatic heterocycles. The van der Waals surface area contributed by atoms with Crippen molar-refractivity contribution in [2.75, 3.05) is 24.5 Å². The molecular weight excluding hydrogens is 353 g/mol. The number of carboxylic acids is 1. The molecule has 2 aliphatic rings. The van der Waals surface area contributed by atoms with Crippen molar-refractivity contribution >= 4 is 17.6 Å². The molecule has 2 heterocycles. The Hall–Kier alpha value is -2.29. The smallest absolute Gasteiger partial charge is 0.481 e. The lowest BCUT2D eigenvalue weighted by Gasteiger charge is -2.34. The van der Waals surface area contributed by atoms with Gasteiger partial charge in [-0.05, 0) is 37.9 Å². The van der Waals surface area contributed by atoms with Gasteiger partial charge in [0, 0.05) is 24.8 Å². The topological polar surface area (TPSA) is 70.1 Å². The lowest BCUT2D eigenvalue weighted by molar-refractivity contribution is -0.274. The SMILES string of the molecule is O=C(O)C1CCCN(C2CCN(c3cccc(OC(F)(F)F)c3)C2=O)C1. The summed E-state index contributed by atoms with van der Waals surface area (Å²) in [6, 6.07) is 4.88. The Morgan fingerprint density at radius 3 is 2.69 bits per heavy atom. The molecule has 2 atom stereocenters. The summed E-state index contributed by atoms with van der Waals surface area (Å²) >= 11 is 0. The molecule has 1 aromatic carbocycles. The van der Waals surface area contributed by atoms with Gasteiger partial charge in [0.15, 0.2) is 0 Å². The summed E-state index contributed by atoms with van der Waals surface area (Å²) < 4.78 is 41.0. The van der Waals surface area contributed by atoms with Gasteiger partial charge in [-0.15, -0.1) is 13.2 Å². The maximum Gasteiger partial charge on any atom is 0.573 e. The van der Waals surface area contributed by atoms with E-state index in [1.807, 2.05) is 4.90 Å². The fraction of sp³-hybridized carbons (Fsp3) is 0.529. The van der Waals surface area contributed by atoms with Crippen molar-refractivity contribution in [2.24, 2.45) is 5.92 Å². The lowest BCUT2D eigenvalue weighted by atomic mass is 9.96. The van der Waals surface area contributed by atoms with Crippen LogP contribution in [0.3, 0.4) is 0 Å². The molecule has 142 valence electrons. The van der Waals surface area contributed by atoms with E-state index in [1.54, 1.807) is 6.07 Å². The Kier molecular flexibility index (Phi) is 5.08. The molecule has 0 bridgehead atoms. The third-order valence-corrected chi connectivity index (χ3v) is 4.78. The number of piperidine rings is 1. The fourth-order valence-electron chi connectivity index (χ4n) is 3.60. The fourth-order valence-corrected chi connectivity index (χ4v) is 3.60. The van der Waals surface area contributed by atoms with Crippen LogP contribution in [-0.4, -0.2) is 53.9 Å². The molecule has 0 aliphatic carbocycles. The number of amides is 1. The highest BCUT2D eigenvalue weighted by Gasteiger charge is 2.40. The van der Waals surface area contributed by atoms with Crippen molar-refractivity contribution in [2.45, 2.75) is 31.7 Å². The highest BCUT2D eigenvalue weighted by molar-refractivity contribution is 5.99. The molecule has 2 fully saturated rings. The van der Waals surface area contributed by atoms with Gasteiger partial charge < -0.3 is 14.7 Å². The molecule has 0 saturated carbocycles. The van der Waals surface area contributed by atoms with E-state index in [2.05, 4.69) is 4.74 Å². The highest BCUT2D eigenvalue weighted by atomic mass is 19.4. The third kappa shape index (κ3) is 4.09. The Balaban J connectivity index is 1.71. The van der Waals surface area contributed by atoms with Crippen molar-refractivity contribution in [1.29, 1.82) is 0 Å². The van der Waals surface area contributed by atoms with E-state index in [0.717, 1.165) is 0 Å². The summed E-state index contributed by atoms with van der Waals surface area (Å²) in [5.74, 6) is -1.96. The molecule has 0 radical (unpaired) electrons. The second-order valence-electron chi connectivity index (χ2n) is 6.51. The number of hydrogen-bond donors (Lipinski definition) is 1. The number of nitrogens with zero attached hydrogens (tertiary/aromatic N) is 2. The number of ether oxygens (including phenoxy) is 1. The van der Waals surface area contributed by atoms with E-state index in [1.165, 1.54) is 23.1 Å². The van der Waals surface area contributed by atoms with E-state index >= 15 is 0 Å².